The van der Waals surface area contributed by atoms with E-state index in [0.29, 0.717) is 0 Å². The third-order valence-corrected chi connectivity index (χ3v) is 3.46. The predicted molar refractivity (Wildman–Crippen MR) is 42.4 cm³/mol. The Morgan fingerprint density at radius 1 is 1.64 bits per heavy atom. The molecule has 11 heavy (non-hydrogen) atoms. The molecule has 0 spiro atoms. The van der Waals surface area contributed by atoms with Gasteiger partial charge in [-0.15, -0.1) is 0 Å². The van der Waals surface area contributed by atoms with E-state index in [2.05, 4.69) is 13.8 Å². The minimum absolute atomic E-state index is 0.0133. The first kappa shape index (κ1) is 7.56. The lowest BCUT2D eigenvalue weighted by Gasteiger charge is -2.26. The van der Waals surface area contributed by atoms with E-state index in [1.54, 1.807) is 0 Å². The molecule has 0 radical (unpaired) electrons. The average molecular weight is 156 g/mol. The Labute approximate surface area is 67.6 Å². The summed E-state index contributed by atoms with van der Waals surface area (Å²) in [6.07, 6.45) is 3.89. The predicted octanol–water partition coefficient (Wildman–Crippen LogP) is 1.47. The molecule has 1 aliphatic carbocycles. The number of fused-ring (bicyclic) bond motifs is 1. The minimum Gasteiger partial charge on any atom is -0.390 e. The summed E-state index contributed by atoms with van der Waals surface area (Å²) in [6.45, 7) is 4.22. The van der Waals surface area contributed by atoms with Gasteiger partial charge in [-0.1, -0.05) is 6.92 Å². The molecule has 2 rings (SSSR count). The van der Waals surface area contributed by atoms with Gasteiger partial charge in [-0.05, 0) is 32.6 Å². The monoisotopic (exact) mass is 156 g/mol. The summed E-state index contributed by atoms with van der Waals surface area (Å²) in [6, 6.07) is 0. The van der Waals surface area contributed by atoms with Gasteiger partial charge >= 0.3 is 0 Å². The third kappa shape index (κ3) is 0.744. The number of aliphatic hydroxyl groups is 1. The lowest BCUT2D eigenvalue weighted by molar-refractivity contribution is 0.0605. The van der Waals surface area contributed by atoms with Crippen LogP contribution in [0.3, 0.4) is 0 Å². The van der Waals surface area contributed by atoms with Crippen molar-refractivity contribution in [2.75, 3.05) is 0 Å². The smallest absolute Gasteiger partial charge is 0.123 e. The van der Waals surface area contributed by atoms with Crippen molar-refractivity contribution in [2.24, 2.45) is 0 Å². The molecule has 2 heteroatoms. The quantitative estimate of drug-likeness (QED) is 0.583. The third-order valence-electron chi connectivity index (χ3n) is 3.46. The van der Waals surface area contributed by atoms with Crippen LogP contribution in [0.25, 0.3) is 0 Å². The van der Waals surface area contributed by atoms with Gasteiger partial charge in [0.25, 0.3) is 0 Å². The van der Waals surface area contributed by atoms with E-state index in [0.717, 1.165) is 25.7 Å². The maximum Gasteiger partial charge on any atom is 0.123 e. The van der Waals surface area contributed by atoms with Crippen LogP contribution in [-0.2, 0) is 4.74 Å². The molecule has 1 aliphatic heterocycles. The molecule has 1 N–H and O–H groups in total. The molecular formula is C9H16O2. The fourth-order valence-electron chi connectivity index (χ4n) is 2.61. The van der Waals surface area contributed by atoms with Crippen LogP contribution in [0.15, 0.2) is 0 Å². The summed E-state index contributed by atoms with van der Waals surface area (Å²) in [5, 5.41) is 9.71. The number of hydrogen-bond donors (Lipinski definition) is 1. The molecule has 64 valence electrons. The number of hydrogen-bond acceptors (Lipinski definition) is 2. The summed E-state index contributed by atoms with van der Waals surface area (Å²) < 4.78 is 5.66. The highest BCUT2D eigenvalue weighted by atomic mass is 16.6. The maximum atomic E-state index is 9.71. The second-order valence-electron chi connectivity index (χ2n) is 3.98. The van der Waals surface area contributed by atoms with Crippen molar-refractivity contribution in [1.82, 2.24) is 0 Å². The van der Waals surface area contributed by atoms with Crippen molar-refractivity contribution in [2.45, 2.75) is 56.8 Å². The van der Waals surface area contributed by atoms with Crippen molar-refractivity contribution in [3.8, 4) is 0 Å². The van der Waals surface area contributed by atoms with Gasteiger partial charge in [0, 0.05) is 0 Å². The zero-order chi connectivity index (χ0) is 8.11. The topological polar surface area (TPSA) is 32.8 Å². The summed E-state index contributed by atoms with van der Waals surface area (Å²) in [4.78, 5) is 0. The summed E-state index contributed by atoms with van der Waals surface area (Å²) in [7, 11) is 0. The Balaban J connectivity index is 2.20. The van der Waals surface area contributed by atoms with E-state index in [1.165, 1.54) is 0 Å². The van der Waals surface area contributed by atoms with Crippen LogP contribution < -0.4 is 0 Å². The van der Waals surface area contributed by atoms with Crippen LogP contribution in [0.1, 0.15) is 39.5 Å². The minimum atomic E-state index is -0.216. The summed E-state index contributed by atoms with van der Waals surface area (Å²) >= 11 is 0. The van der Waals surface area contributed by atoms with Gasteiger partial charge in [-0.2, -0.15) is 0 Å². The Hall–Kier alpha value is -0.0800. The molecule has 2 aliphatic rings. The Morgan fingerprint density at radius 3 is 2.82 bits per heavy atom. The van der Waals surface area contributed by atoms with Crippen LogP contribution in [0.5, 0.6) is 0 Å². The van der Waals surface area contributed by atoms with Crippen molar-refractivity contribution < 1.29 is 9.84 Å². The molecule has 1 heterocycles. The average Bonchev–Trinajstić information content (AvgIpc) is 2.59. The van der Waals surface area contributed by atoms with Crippen molar-refractivity contribution in [3.63, 3.8) is 0 Å². The van der Waals surface area contributed by atoms with Gasteiger partial charge < -0.3 is 9.84 Å². The lowest BCUT2D eigenvalue weighted by Crippen LogP contribution is -2.39. The highest BCUT2D eigenvalue weighted by molar-refractivity contribution is 5.18. The Bertz CT molecular complexity index is 180. The van der Waals surface area contributed by atoms with Gasteiger partial charge in [-0.3, -0.25) is 0 Å². The summed E-state index contributed by atoms with van der Waals surface area (Å²) in [5.74, 6) is 0. The van der Waals surface area contributed by atoms with E-state index >= 15 is 0 Å². The van der Waals surface area contributed by atoms with E-state index < -0.39 is 0 Å². The zero-order valence-electron chi connectivity index (χ0n) is 7.26. The normalized spacial score (nSPS) is 55.4. The van der Waals surface area contributed by atoms with Crippen LogP contribution >= 0.6 is 0 Å². The van der Waals surface area contributed by atoms with E-state index in [-0.39, 0.29) is 17.3 Å². The second-order valence-corrected chi connectivity index (χ2v) is 3.98. The summed E-state index contributed by atoms with van der Waals surface area (Å²) in [5.41, 5.74) is -0.148. The molecule has 3 atom stereocenters. The van der Waals surface area contributed by atoms with Crippen LogP contribution in [0.2, 0.25) is 0 Å². The molecule has 0 unspecified atom stereocenters. The highest BCUT2D eigenvalue weighted by Gasteiger charge is 2.70. The van der Waals surface area contributed by atoms with Crippen LogP contribution in [-0.4, -0.2) is 22.4 Å². The molecule has 0 aromatic heterocycles. The molecule has 2 nitrogen and oxygen atoms in total. The first-order chi connectivity index (χ1) is 5.15. The molecule has 0 amide bonds. The fraction of sp³-hybridized carbons (Fsp3) is 1.00. The molecule has 0 aromatic carbocycles. The van der Waals surface area contributed by atoms with E-state index in [9.17, 15) is 5.11 Å². The molecule has 1 saturated carbocycles. The van der Waals surface area contributed by atoms with E-state index in [1.807, 2.05) is 0 Å². The van der Waals surface area contributed by atoms with Gasteiger partial charge in [0.1, 0.15) is 5.60 Å². The Morgan fingerprint density at radius 2 is 2.36 bits per heavy atom. The van der Waals surface area contributed by atoms with Crippen LogP contribution in [0.4, 0.5) is 0 Å². The van der Waals surface area contributed by atoms with Gasteiger partial charge in [0.15, 0.2) is 0 Å². The lowest BCUT2D eigenvalue weighted by atomic mass is 9.77. The first-order valence-electron chi connectivity index (χ1n) is 4.53. The van der Waals surface area contributed by atoms with E-state index in [4.69, 9.17) is 4.74 Å². The van der Waals surface area contributed by atoms with Crippen molar-refractivity contribution in [3.05, 3.63) is 0 Å². The molecular weight excluding hydrogens is 140 g/mol. The van der Waals surface area contributed by atoms with Crippen molar-refractivity contribution in [1.29, 1.82) is 0 Å². The fourth-order valence-corrected chi connectivity index (χ4v) is 2.61. The van der Waals surface area contributed by atoms with Gasteiger partial charge in [-0.25, -0.2) is 0 Å². The molecule has 0 bridgehead atoms. The number of ether oxygens (including phenoxy) is 1. The maximum absolute atomic E-state index is 9.71. The number of aliphatic hydroxyl groups excluding tert-OH is 1. The highest BCUT2D eigenvalue weighted by Crippen LogP contribution is 2.58. The largest absolute Gasteiger partial charge is 0.390 e. The number of rotatable bonds is 1. The molecule has 2 fully saturated rings. The standard InChI is InChI=1S/C9H16O2/c1-3-9-7(10)5-4-6-8(9,2)11-9/h7,10H,3-6H2,1-2H3/t7-,8+,9-/m1/s1. The number of epoxide rings is 1. The van der Waals surface area contributed by atoms with Crippen LogP contribution in [0, 0.1) is 0 Å². The van der Waals surface area contributed by atoms with Crippen molar-refractivity contribution >= 4 is 0 Å². The zero-order valence-corrected chi connectivity index (χ0v) is 7.26. The first-order valence-corrected chi connectivity index (χ1v) is 4.53. The Kier molecular flexibility index (Phi) is 1.37. The van der Waals surface area contributed by atoms with Gasteiger partial charge in [0.2, 0.25) is 0 Å². The molecule has 0 aromatic rings. The second kappa shape index (κ2) is 1.99. The van der Waals surface area contributed by atoms with Gasteiger partial charge in [0.05, 0.1) is 11.7 Å². The molecule has 1 saturated heterocycles. The SMILES string of the molecule is CC[C@]12O[C@@]1(C)CCC[C@H]2O.